The van der Waals surface area contributed by atoms with Crippen LogP contribution in [-0.4, -0.2) is 88.7 Å². The molecule has 1 unspecified atom stereocenters. The molecular formula is C30H46FN5O6. The third-order valence-electron chi connectivity index (χ3n) is 9.17. The molecule has 2 saturated carbocycles. The van der Waals surface area contributed by atoms with Crippen molar-refractivity contribution in [1.29, 1.82) is 0 Å². The summed E-state index contributed by atoms with van der Waals surface area (Å²) in [7, 11) is 1.42. The maximum Gasteiger partial charge on any atom is 0.289 e. The molecule has 0 radical (unpaired) electrons. The maximum atomic E-state index is 16.4. The van der Waals surface area contributed by atoms with Crippen LogP contribution in [0.2, 0.25) is 0 Å². The SMILES string of the molecule is CN(C(=O)[C@H](NC(=O)C(C)(C)C)C1CCCC1)[C@H]1CC(C)(F)N([C@@H](C[C@@H]2CCCNC2=O)C(=O)C(=O)NC2CC2)C1=O. The molecule has 2 heterocycles. The molecule has 0 aromatic rings. The Bertz CT molecular complexity index is 1110. The number of likely N-dealkylation sites (N-methyl/N-ethyl adjacent to an activating group) is 1. The number of halogens is 1. The van der Waals surface area contributed by atoms with Crippen molar-refractivity contribution in [3.05, 3.63) is 0 Å². The first-order valence-electron chi connectivity index (χ1n) is 15.3. The van der Waals surface area contributed by atoms with Crippen molar-refractivity contribution in [2.45, 2.75) is 122 Å². The fraction of sp³-hybridized carbons (Fsp3) is 0.800. The molecule has 4 aliphatic rings. The monoisotopic (exact) mass is 591 g/mol. The molecule has 234 valence electrons. The number of hydrogen-bond donors (Lipinski definition) is 3. The Labute approximate surface area is 247 Å². The van der Waals surface area contributed by atoms with Gasteiger partial charge in [0.2, 0.25) is 29.4 Å². The second-order valence-electron chi connectivity index (χ2n) is 13.8. The van der Waals surface area contributed by atoms with E-state index in [-0.39, 0.29) is 30.2 Å². The van der Waals surface area contributed by atoms with E-state index in [1.54, 1.807) is 20.8 Å². The fourth-order valence-electron chi connectivity index (χ4n) is 6.41. The third kappa shape index (κ3) is 6.94. The number of amides is 5. The molecule has 4 rings (SSSR count). The average molecular weight is 592 g/mol. The fourth-order valence-corrected chi connectivity index (χ4v) is 6.41. The van der Waals surface area contributed by atoms with E-state index in [0.29, 0.717) is 19.4 Å². The summed E-state index contributed by atoms with van der Waals surface area (Å²) in [5, 5.41) is 8.25. The highest BCUT2D eigenvalue weighted by molar-refractivity contribution is 6.38. The van der Waals surface area contributed by atoms with Gasteiger partial charge in [-0.25, -0.2) is 4.39 Å². The van der Waals surface area contributed by atoms with E-state index in [1.807, 2.05) is 0 Å². The first kappa shape index (κ1) is 31.9. The number of ketones is 1. The van der Waals surface area contributed by atoms with Gasteiger partial charge in [0.1, 0.15) is 18.1 Å². The molecule has 5 amide bonds. The van der Waals surface area contributed by atoms with Crippen LogP contribution in [0.4, 0.5) is 4.39 Å². The quantitative estimate of drug-likeness (QED) is 0.260. The predicted octanol–water partition coefficient (Wildman–Crippen LogP) is 1.59. The Hall–Kier alpha value is -3.05. The summed E-state index contributed by atoms with van der Waals surface area (Å²) in [5.74, 6) is -6.88. The molecule has 3 N–H and O–H groups in total. The van der Waals surface area contributed by atoms with Crippen molar-refractivity contribution < 1.29 is 33.2 Å². The summed E-state index contributed by atoms with van der Waals surface area (Å²) in [6.45, 7) is 6.90. The number of carbonyl (C=O) groups excluding carboxylic acids is 6. The molecule has 0 bridgehead atoms. The number of carbonyl (C=O) groups is 6. The van der Waals surface area contributed by atoms with E-state index in [4.69, 9.17) is 0 Å². The van der Waals surface area contributed by atoms with Gasteiger partial charge >= 0.3 is 0 Å². The highest BCUT2D eigenvalue weighted by atomic mass is 19.1. The molecule has 2 saturated heterocycles. The summed E-state index contributed by atoms with van der Waals surface area (Å²) in [4.78, 5) is 81.6. The van der Waals surface area contributed by atoms with Gasteiger partial charge in [0.05, 0.1) is 0 Å². The maximum absolute atomic E-state index is 16.4. The van der Waals surface area contributed by atoms with E-state index < -0.39 is 65.2 Å². The highest BCUT2D eigenvalue weighted by Gasteiger charge is 2.56. The van der Waals surface area contributed by atoms with Crippen molar-refractivity contribution in [3.8, 4) is 0 Å². The Kier molecular flexibility index (Phi) is 9.32. The third-order valence-corrected chi connectivity index (χ3v) is 9.17. The summed E-state index contributed by atoms with van der Waals surface area (Å²) < 4.78 is 16.4. The molecule has 0 spiro atoms. The van der Waals surface area contributed by atoms with Gasteiger partial charge in [-0.3, -0.25) is 33.7 Å². The lowest BCUT2D eigenvalue weighted by atomic mass is 9.88. The normalized spacial score (nSPS) is 28.2. The highest BCUT2D eigenvalue weighted by Crippen LogP contribution is 2.39. The van der Waals surface area contributed by atoms with Crippen LogP contribution < -0.4 is 16.0 Å². The second-order valence-corrected chi connectivity index (χ2v) is 13.8. The lowest BCUT2D eigenvalue weighted by molar-refractivity contribution is -0.155. The van der Waals surface area contributed by atoms with Gasteiger partial charge in [0.15, 0.2) is 5.79 Å². The van der Waals surface area contributed by atoms with E-state index in [0.717, 1.165) is 43.4 Å². The largest absolute Gasteiger partial charge is 0.356 e. The van der Waals surface area contributed by atoms with Crippen LogP contribution in [0, 0.1) is 17.3 Å². The number of alkyl halides is 1. The van der Waals surface area contributed by atoms with Crippen molar-refractivity contribution >= 4 is 35.3 Å². The number of nitrogens with zero attached hydrogens (tertiary/aromatic N) is 2. The molecule has 42 heavy (non-hydrogen) atoms. The van der Waals surface area contributed by atoms with Gasteiger partial charge in [-0.1, -0.05) is 33.6 Å². The number of hydrogen-bond acceptors (Lipinski definition) is 6. The van der Waals surface area contributed by atoms with E-state index in [9.17, 15) is 28.8 Å². The summed E-state index contributed by atoms with van der Waals surface area (Å²) in [6, 6.07) is -3.74. The molecule has 5 atom stereocenters. The summed E-state index contributed by atoms with van der Waals surface area (Å²) in [5.41, 5.74) is -0.743. The van der Waals surface area contributed by atoms with Gasteiger partial charge in [-0.2, -0.15) is 0 Å². The zero-order chi connectivity index (χ0) is 31.0. The van der Waals surface area contributed by atoms with Gasteiger partial charge in [-0.05, 0) is 57.8 Å². The van der Waals surface area contributed by atoms with E-state index >= 15 is 4.39 Å². The topological polar surface area (TPSA) is 145 Å². The zero-order valence-electron chi connectivity index (χ0n) is 25.5. The number of Topliss-reactive ketones (excluding diaryl/α,β-unsaturated/α-hetero) is 1. The van der Waals surface area contributed by atoms with Crippen LogP contribution in [0.15, 0.2) is 0 Å². The van der Waals surface area contributed by atoms with Crippen molar-refractivity contribution in [1.82, 2.24) is 25.8 Å². The lowest BCUT2D eigenvalue weighted by Gasteiger charge is -2.36. The van der Waals surface area contributed by atoms with Gasteiger partial charge < -0.3 is 20.9 Å². The van der Waals surface area contributed by atoms with Crippen LogP contribution in [0.1, 0.15) is 91.9 Å². The molecule has 2 aliphatic heterocycles. The average Bonchev–Trinajstić information content (AvgIpc) is 3.49. The molecule has 0 aromatic heterocycles. The Morgan fingerprint density at radius 3 is 2.29 bits per heavy atom. The Morgan fingerprint density at radius 2 is 1.71 bits per heavy atom. The predicted molar refractivity (Wildman–Crippen MR) is 151 cm³/mol. The van der Waals surface area contributed by atoms with Gasteiger partial charge in [-0.15, -0.1) is 0 Å². The van der Waals surface area contributed by atoms with Crippen LogP contribution in [-0.2, 0) is 28.8 Å². The minimum absolute atomic E-state index is 0.110. The summed E-state index contributed by atoms with van der Waals surface area (Å²) >= 11 is 0. The number of likely N-dealkylation sites (tertiary alicyclic amines) is 1. The first-order valence-corrected chi connectivity index (χ1v) is 15.3. The van der Waals surface area contributed by atoms with Crippen LogP contribution >= 0.6 is 0 Å². The molecule has 4 fully saturated rings. The first-order chi connectivity index (χ1) is 19.6. The van der Waals surface area contributed by atoms with Gasteiger partial charge in [0.25, 0.3) is 5.91 Å². The van der Waals surface area contributed by atoms with Crippen molar-refractivity contribution in [2.24, 2.45) is 17.3 Å². The molecule has 0 aromatic carbocycles. The smallest absolute Gasteiger partial charge is 0.289 e. The number of piperidine rings is 1. The Balaban J connectivity index is 1.59. The van der Waals surface area contributed by atoms with Gasteiger partial charge in [0, 0.05) is 37.4 Å². The number of rotatable bonds is 10. The minimum atomic E-state index is -2.36. The van der Waals surface area contributed by atoms with Crippen molar-refractivity contribution in [2.75, 3.05) is 13.6 Å². The van der Waals surface area contributed by atoms with E-state index in [2.05, 4.69) is 16.0 Å². The standard InChI is InChI=1S/C30H46FN5O6/c1-29(2,3)28(42)34-22(17-9-6-7-10-17)27(41)35(5)21-16-30(4,31)36(26(21)40)20(15-18-11-8-14-32-24(18)38)23(37)25(39)33-19-12-13-19/h17-22H,6-16H2,1-5H3,(H,32,38)(H,33,39)(H,34,42)/t18-,20-,21-,22+,30?/m0/s1. The van der Waals surface area contributed by atoms with Crippen LogP contribution in [0.25, 0.3) is 0 Å². The van der Waals surface area contributed by atoms with Crippen molar-refractivity contribution in [3.63, 3.8) is 0 Å². The molecule has 11 nitrogen and oxygen atoms in total. The van der Waals surface area contributed by atoms with Crippen LogP contribution in [0.3, 0.4) is 0 Å². The summed E-state index contributed by atoms with van der Waals surface area (Å²) in [6.07, 6.45) is 5.31. The lowest BCUT2D eigenvalue weighted by Crippen LogP contribution is -2.58. The molecular weight excluding hydrogens is 545 g/mol. The Morgan fingerprint density at radius 1 is 1.07 bits per heavy atom. The second kappa shape index (κ2) is 12.3. The zero-order valence-corrected chi connectivity index (χ0v) is 25.5. The van der Waals surface area contributed by atoms with E-state index in [1.165, 1.54) is 18.9 Å². The molecule has 12 heteroatoms. The molecule has 2 aliphatic carbocycles. The minimum Gasteiger partial charge on any atom is -0.356 e. The number of nitrogens with one attached hydrogen (secondary N) is 3. The van der Waals surface area contributed by atoms with Crippen LogP contribution in [0.5, 0.6) is 0 Å².